The van der Waals surface area contributed by atoms with Crippen LogP contribution < -0.4 is 11.5 Å². The maximum absolute atomic E-state index is 5.74. The molecule has 2 heteroatoms. The lowest BCUT2D eigenvalue weighted by atomic mass is 9.76. The van der Waals surface area contributed by atoms with Gasteiger partial charge in [0.1, 0.15) is 0 Å². The van der Waals surface area contributed by atoms with Gasteiger partial charge in [-0.3, -0.25) is 0 Å². The fourth-order valence-corrected chi connectivity index (χ4v) is 1.45. The maximum atomic E-state index is 5.74. The summed E-state index contributed by atoms with van der Waals surface area (Å²) < 4.78 is 0. The molecule has 0 heterocycles. The zero-order chi connectivity index (χ0) is 7.72. The molecule has 2 nitrogen and oxygen atoms in total. The molecule has 0 aromatic heterocycles. The van der Waals surface area contributed by atoms with Gasteiger partial charge >= 0.3 is 0 Å². The molecule has 0 amide bonds. The van der Waals surface area contributed by atoms with Gasteiger partial charge in [-0.05, 0) is 19.3 Å². The van der Waals surface area contributed by atoms with Crippen LogP contribution in [0.4, 0.5) is 0 Å². The minimum atomic E-state index is 0.156. The molecule has 0 aliphatic heterocycles. The first-order valence-corrected chi connectivity index (χ1v) is 3.84. The van der Waals surface area contributed by atoms with E-state index in [4.69, 9.17) is 11.5 Å². The van der Waals surface area contributed by atoms with Gasteiger partial charge in [-0.2, -0.15) is 0 Å². The molecule has 0 aromatic rings. The Balaban J connectivity index is 2.54. The topological polar surface area (TPSA) is 52.0 Å². The number of hydrogen-bond donors (Lipinski definition) is 2. The van der Waals surface area contributed by atoms with Gasteiger partial charge in [-0.25, -0.2) is 0 Å². The molecule has 1 rings (SSSR count). The van der Waals surface area contributed by atoms with E-state index in [1.165, 1.54) is 5.57 Å². The highest BCUT2D eigenvalue weighted by molar-refractivity contribution is 5.23. The van der Waals surface area contributed by atoms with E-state index in [1.54, 1.807) is 0 Å². The highest BCUT2D eigenvalue weighted by atomic mass is 14.7. The summed E-state index contributed by atoms with van der Waals surface area (Å²) in [5, 5.41) is 0. The summed E-state index contributed by atoms with van der Waals surface area (Å²) in [5.74, 6) is 0.668. The van der Waals surface area contributed by atoms with Crippen LogP contribution in [0.3, 0.4) is 0 Å². The predicted molar refractivity (Wildman–Crippen MR) is 43.5 cm³/mol. The molecule has 0 radical (unpaired) electrons. The third kappa shape index (κ3) is 1.39. The molecule has 58 valence electrons. The second-order valence-electron chi connectivity index (χ2n) is 3.27. The third-order valence-electron chi connectivity index (χ3n) is 2.06. The second-order valence-corrected chi connectivity index (χ2v) is 3.27. The third-order valence-corrected chi connectivity index (χ3v) is 2.06. The van der Waals surface area contributed by atoms with Crippen LogP contribution in [-0.4, -0.2) is 12.1 Å². The van der Waals surface area contributed by atoms with Crippen molar-refractivity contribution in [2.24, 2.45) is 17.4 Å². The Bertz CT molecular complexity index is 139. The molecule has 0 bridgehead atoms. The molecule has 1 saturated carbocycles. The van der Waals surface area contributed by atoms with Crippen LogP contribution in [0.25, 0.3) is 0 Å². The van der Waals surface area contributed by atoms with Crippen molar-refractivity contribution in [3.8, 4) is 0 Å². The van der Waals surface area contributed by atoms with E-state index in [-0.39, 0.29) is 6.04 Å². The molecule has 10 heavy (non-hydrogen) atoms. The summed E-state index contributed by atoms with van der Waals surface area (Å²) in [6.45, 7) is 4.17. The van der Waals surface area contributed by atoms with Crippen LogP contribution in [0.5, 0.6) is 0 Å². The molecule has 3 atom stereocenters. The van der Waals surface area contributed by atoms with E-state index >= 15 is 0 Å². The quantitative estimate of drug-likeness (QED) is 0.525. The Hall–Kier alpha value is -0.340. The minimum Gasteiger partial charge on any atom is -0.325 e. The summed E-state index contributed by atoms with van der Waals surface area (Å²) in [4.78, 5) is 0. The van der Waals surface area contributed by atoms with Gasteiger partial charge in [0.25, 0.3) is 0 Å². The van der Waals surface area contributed by atoms with Gasteiger partial charge < -0.3 is 11.5 Å². The molecule has 3 unspecified atom stereocenters. The Morgan fingerprint density at radius 2 is 2.30 bits per heavy atom. The van der Waals surface area contributed by atoms with Crippen LogP contribution in [0.1, 0.15) is 20.3 Å². The molecule has 1 aliphatic rings. The van der Waals surface area contributed by atoms with Crippen molar-refractivity contribution in [3.05, 3.63) is 11.6 Å². The smallest absolute Gasteiger partial charge is 0.0262 e. The van der Waals surface area contributed by atoms with Crippen LogP contribution in [0.15, 0.2) is 11.6 Å². The zero-order valence-corrected chi connectivity index (χ0v) is 6.67. The summed E-state index contributed by atoms with van der Waals surface area (Å²) in [6, 6.07) is 0.449. The van der Waals surface area contributed by atoms with Crippen molar-refractivity contribution in [3.63, 3.8) is 0 Å². The largest absolute Gasteiger partial charge is 0.325 e. The highest BCUT2D eigenvalue weighted by Gasteiger charge is 2.27. The van der Waals surface area contributed by atoms with Gasteiger partial charge in [-0.1, -0.05) is 18.6 Å². The molecule has 0 aromatic carbocycles. The lowest BCUT2D eigenvalue weighted by Crippen LogP contribution is -2.39. The minimum absolute atomic E-state index is 0.156. The lowest BCUT2D eigenvalue weighted by molar-refractivity contribution is 0.415. The van der Waals surface area contributed by atoms with Crippen LogP contribution >= 0.6 is 0 Å². The molecular formula is C8H16N2. The first kappa shape index (κ1) is 7.76. The summed E-state index contributed by atoms with van der Waals surface area (Å²) >= 11 is 0. The molecule has 0 spiro atoms. The lowest BCUT2D eigenvalue weighted by Gasteiger charge is -2.34. The van der Waals surface area contributed by atoms with Crippen molar-refractivity contribution < 1.29 is 0 Å². The summed E-state index contributed by atoms with van der Waals surface area (Å²) in [7, 11) is 0. The van der Waals surface area contributed by atoms with Crippen molar-refractivity contribution in [2.75, 3.05) is 0 Å². The number of rotatable bonds is 1. The Morgan fingerprint density at radius 1 is 1.70 bits per heavy atom. The van der Waals surface area contributed by atoms with Gasteiger partial charge in [0.05, 0.1) is 0 Å². The van der Waals surface area contributed by atoms with Crippen LogP contribution in [0, 0.1) is 5.92 Å². The van der Waals surface area contributed by atoms with E-state index in [0.29, 0.717) is 12.0 Å². The average Bonchev–Trinajstić information content (AvgIpc) is 1.84. The first-order chi connectivity index (χ1) is 4.61. The van der Waals surface area contributed by atoms with Crippen molar-refractivity contribution in [1.29, 1.82) is 0 Å². The zero-order valence-electron chi connectivity index (χ0n) is 6.67. The highest BCUT2D eigenvalue weighted by Crippen LogP contribution is 2.31. The first-order valence-electron chi connectivity index (χ1n) is 3.84. The second kappa shape index (κ2) is 2.72. The molecule has 4 N–H and O–H groups in total. The fraction of sp³-hybridized carbons (Fsp3) is 0.750. The molecule has 1 fully saturated rings. The van der Waals surface area contributed by atoms with Gasteiger partial charge in [0.15, 0.2) is 0 Å². The van der Waals surface area contributed by atoms with E-state index < -0.39 is 0 Å². The van der Waals surface area contributed by atoms with Crippen molar-refractivity contribution in [2.45, 2.75) is 32.4 Å². The number of hydrogen-bond acceptors (Lipinski definition) is 2. The molecular weight excluding hydrogens is 124 g/mol. The van der Waals surface area contributed by atoms with Crippen molar-refractivity contribution in [1.82, 2.24) is 0 Å². The van der Waals surface area contributed by atoms with Gasteiger partial charge in [0, 0.05) is 12.1 Å². The Morgan fingerprint density at radius 3 is 2.50 bits per heavy atom. The van der Waals surface area contributed by atoms with E-state index in [9.17, 15) is 0 Å². The SMILES string of the molecule is CC(N)C=C1C(C)CC1N. The summed E-state index contributed by atoms with van der Waals surface area (Å²) in [6.07, 6.45) is 3.21. The van der Waals surface area contributed by atoms with E-state index in [1.807, 2.05) is 6.92 Å². The molecule has 0 saturated heterocycles. The van der Waals surface area contributed by atoms with Crippen LogP contribution in [-0.2, 0) is 0 Å². The standard InChI is InChI=1S/C8H16N2/c1-5-3-8(10)7(5)4-6(2)9/h4-6,8H,3,9-10H2,1-2H3. The fourth-order valence-electron chi connectivity index (χ4n) is 1.45. The van der Waals surface area contributed by atoms with Gasteiger partial charge in [-0.15, -0.1) is 0 Å². The van der Waals surface area contributed by atoms with E-state index in [0.717, 1.165) is 6.42 Å². The summed E-state index contributed by atoms with van der Waals surface area (Å²) in [5.41, 5.74) is 12.7. The normalized spacial score (nSPS) is 39.4. The maximum Gasteiger partial charge on any atom is 0.0262 e. The van der Waals surface area contributed by atoms with Crippen molar-refractivity contribution >= 4 is 0 Å². The van der Waals surface area contributed by atoms with Gasteiger partial charge in [0.2, 0.25) is 0 Å². The monoisotopic (exact) mass is 140 g/mol. The number of nitrogens with two attached hydrogens (primary N) is 2. The molecule has 1 aliphatic carbocycles. The van der Waals surface area contributed by atoms with Crippen LogP contribution in [0.2, 0.25) is 0 Å². The predicted octanol–water partition coefficient (Wildman–Crippen LogP) is 0.627. The Kier molecular flexibility index (Phi) is 2.11. The Labute approximate surface area is 62.3 Å². The average molecular weight is 140 g/mol. The van der Waals surface area contributed by atoms with E-state index in [2.05, 4.69) is 13.0 Å².